The molecule has 1 N–H and O–H groups in total. The minimum absolute atomic E-state index is 0.0515. The molecule has 2 heterocycles. The molecular formula is C21H30N4O. The average Bonchev–Trinajstić information content (AvgIpc) is 3.06. The topological polar surface area (TPSA) is 50.2 Å². The molecule has 140 valence electrons. The van der Waals surface area contributed by atoms with Gasteiger partial charge in [-0.25, -0.2) is 4.98 Å². The molecule has 1 aliphatic heterocycles. The molecule has 0 saturated carbocycles. The van der Waals surface area contributed by atoms with Gasteiger partial charge in [-0.05, 0) is 43.3 Å². The van der Waals surface area contributed by atoms with Crippen LogP contribution in [0.4, 0.5) is 0 Å². The molecule has 5 nitrogen and oxygen atoms in total. The second kappa shape index (κ2) is 8.49. The van der Waals surface area contributed by atoms with Crippen molar-refractivity contribution in [3.63, 3.8) is 0 Å². The van der Waals surface area contributed by atoms with Gasteiger partial charge in [0.05, 0.1) is 12.6 Å². The van der Waals surface area contributed by atoms with E-state index in [0.717, 1.165) is 31.8 Å². The van der Waals surface area contributed by atoms with E-state index in [2.05, 4.69) is 59.4 Å². The number of aromatic nitrogens is 2. The minimum Gasteiger partial charge on any atom is -0.345 e. The number of hydrogen-bond acceptors (Lipinski definition) is 3. The molecule has 1 saturated heterocycles. The summed E-state index contributed by atoms with van der Waals surface area (Å²) >= 11 is 0. The van der Waals surface area contributed by atoms with E-state index in [0.29, 0.717) is 18.4 Å². The van der Waals surface area contributed by atoms with Crippen molar-refractivity contribution in [2.24, 2.45) is 13.0 Å². The van der Waals surface area contributed by atoms with Crippen LogP contribution in [0.3, 0.4) is 0 Å². The Bertz CT molecular complexity index is 702. The van der Waals surface area contributed by atoms with Crippen LogP contribution in [0.15, 0.2) is 42.7 Å². The molecule has 5 heteroatoms. The number of nitrogens with zero attached hydrogens (tertiary/aromatic N) is 3. The van der Waals surface area contributed by atoms with E-state index in [1.165, 1.54) is 5.56 Å². The zero-order valence-corrected chi connectivity index (χ0v) is 16.1. The zero-order chi connectivity index (χ0) is 18.5. The average molecular weight is 354 g/mol. The highest BCUT2D eigenvalue weighted by Crippen LogP contribution is 2.27. The molecule has 3 rings (SSSR count). The quantitative estimate of drug-likeness (QED) is 0.867. The van der Waals surface area contributed by atoms with Gasteiger partial charge in [0.15, 0.2) is 0 Å². The molecule has 0 aliphatic carbocycles. The van der Waals surface area contributed by atoms with Gasteiger partial charge in [-0.3, -0.25) is 9.69 Å². The monoisotopic (exact) mass is 354 g/mol. The predicted octanol–water partition coefficient (Wildman–Crippen LogP) is 3.11. The highest BCUT2D eigenvalue weighted by atomic mass is 16.2. The van der Waals surface area contributed by atoms with Gasteiger partial charge in [0, 0.05) is 19.4 Å². The summed E-state index contributed by atoms with van der Waals surface area (Å²) in [6.07, 6.45) is 5.94. The second-order valence-corrected chi connectivity index (χ2v) is 7.65. The first-order valence-electron chi connectivity index (χ1n) is 9.58. The number of rotatable bonds is 6. The molecular weight excluding hydrogens is 324 g/mol. The maximum Gasteiger partial charge on any atom is 0.234 e. The standard InChI is InChI=1S/C21H30N4O/c1-16(2)20(21-22-11-14-24(21)3)23-19(26)15-25-12-9-18(10-13-25)17-7-5-4-6-8-17/h4-8,11,14,16,18,20H,9-10,12-13,15H2,1-3H3,(H,23,26). The summed E-state index contributed by atoms with van der Waals surface area (Å²) in [4.78, 5) is 19.3. The van der Waals surface area contributed by atoms with E-state index in [-0.39, 0.29) is 11.9 Å². The van der Waals surface area contributed by atoms with Crippen LogP contribution in [0.5, 0.6) is 0 Å². The van der Waals surface area contributed by atoms with Gasteiger partial charge in [-0.15, -0.1) is 0 Å². The van der Waals surface area contributed by atoms with E-state index >= 15 is 0 Å². The van der Waals surface area contributed by atoms with Crippen molar-refractivity contribution in [1.29, 1.82) is 0 Å². The Morgan fingerprint density at radius 2 is 1.92 bits per heavy atom. The van der Waals surface area contributed by atoms with Crippen LogP contribution in [-0.4, -0.2) is 40.0 Å². The normalized spacial score (nSPS) is 17.4. The van der Waals surface area contributed by atoms with Crippen LogP contribution in [0.1, 0.15) is 50.0 Å². The fraction of sp³-hybridized carbons (Fsp3) is 0.524. The molecule has 1 amide bonds. The Hall–Kier alpha value is -2.14. The number of aryl methyl sites for hydroxylation is 1. The molecule has 1 aromatic heterocycles. The van der Waals surface area contributed by atoms with Gasteiger partial charge in [0.25, 0.3) is 0 Å². The Morgan fingerprint density at radius 3 is 2.50 bits per heavy atom. The first kappa shape index (κ1) is 18.6. The number of nitrogens with one attached hydrogen (secondary N) is 1. The summed E-state index contributed by atoms with van der Waals surface area (Å²) in [6, 6.07) is 10.7. The van der Waals surface area contributed by atoms with Crippen LogP contribution in [0.2, 0.25) is 0 Å². The van der Waals surface area contributed by atoms with Gasteiger partial charge < -0.3 is 9.88 Å². The number of carbonyl (C=O) groups excluding carboxylic acids is 1. The van der Waals surface area contributed by atoms with Crippen molar-refractivity contribution < 1.29 is 4.79 Å². The maximum absolute atomic E-state index is 12.6. The summed E-state index contributed by atoms with van der Waals surface area (Å²) in [5.41, 5.74) is 1.42. The maximum atomic E-state index is 12.6. The third-order valence-corrected chi connectivity index (χ3v) is 5.35. The van der Waals surface area contributed by atoms with Crippen molar-refractivity contribution in [3.8, 4) is 0 Å². The number of likely N-dealkylation sites (tertiary alicyclic amines) is 1. The molecule has 1 fully saturated rings. The van der Waals surface area contributed by atoms with Crippen LogP contribution >= 0.6 is 0 Å². The summed E-state index contributed by atoms with van der Waals surface area (Å²) in [6.45, 7) is 6.65. The van der Waals surface area contributed by atoms with Gasteiger partial charge in [-0.1, -0.05) is 44.2 Å². The molecule has 1 aliphatic rings. The van der Waals surface area contributed by atoms with E-state index in [1.807, 2.05) is 17.8 Å². The Kier molecular flexibility index (Phi) is 6.09. The fourth-order valence-electron chi connectivity index (χ4n) is 3.78. The van der Waals surface area contributed by atoms with Crippen molar-refractivity contribution in [3.05, 3.63) is 54.1 Å². The molecule has 1 aromatic carbocycles. The summed E-state index contributed by atoms with van der Waals surface area (Å²) in [5.74, 6) is 1.91. The molecule has 2 aromatic rings. The number of imidazole rings is 1. The summed E-state index contributed by atoms with van der Waals surface area (Å²) in [7, 11) is 1.97. The molecule has 26 heavy (non-hydrogen) atoms. The lowest BCUT2D eigenvalue weighted by atomic mass is 9.89. The Labute approximate surface area is 156 Å². The molecule has 1 unspecified atom stereocenters. The lowest BCUT2D eigenvalue weighted by Gasteiger charge is -2.32. The smallest absolute Gasteiger partial charge is 0.234 e. The van der Waals surface area contributed by atoms with Crippen molar-refractivity contribution in [2.75, 3.05) is 19.6 Å². The number of hydrogen-bond donors (Lipinski definition) is 1. The SMILES string of the molecule is CC(C)C(NC(=O)CN1CCC(c2ccccc2)CC1)c1nccn1C. The highest BCUT2D eigenvalue weighted by molar-refractivity contribution is 5.78. The summed E-state index contributed by atoms with van der Waals surface area (Å²) in [5, 5.41) is 3.19. The van der Waals surface area contributed by atoms with Crippen molar-refractivity contribution in [1.82, 2.24) is 19.8 Å². The van der Waals surface area contributed by atoms with Gasteiger partial charge in [0.2, 0.25) is 5.91 Å². The van der Waals surface area contributed by atoms with Gasteiger partial charge >= 0.3 is 0 Å². The lowest BCUT2D eigenvalue weighted by molar-refractivity contribution is -0.123. The predicted molar refractivity (Wildman–Crippen MR) is 104 cm³/mol. The summed E-state index contributed by atoms with van der Waals surface area (Å²) < 4.78 is 1.98. The van der Waals surface area contributed by atoms with Gasteiger partial charge in [-0.2, -0.15) is 0 Å². The van der Waals surface area contributed by atoms with Crippen LogP contribution in [-0.2, 0) is 11.8 Å². The third kappa shape index (κ3) is 4.52. The largest absolute Gasteiger partial charge is 0.345 e. The van der Waals surface area contributed by atoms with Crippen LogP contribution < -0.4 is 5.32 Å². The Balaban J connectivity index is 1.52. The first-order valence-corrected chi connectivity index (χ1v) is 9.58. The van der Waals surface area contributed by atoms with E-state index < -0.39 is 0 Å². The van der Waals surface area contributed by atoms with Crippen molar-refractivity contribution in [2.45, 2.75) is 38.6 Å². The van der Waals surface area contributed by atoms with E-state index in [9.17, 15) is 4.79 Å². The molecule has 1 atom stereocenters. The minimum atomic E-state index is -0.0515. The molecule has 0 spiro atoms. The third-order valence-electron chi connectivity index (χ3n) is 5.35. The number of amides is 1. The number of piperidine rings is 1. The lowest BCUT2D eigenvalue weighted by Crippen LogP contribution is -2.43. The van der Waals surface area contributed by atoms with Crippen LogP contribution in [0.25, 0.3) is 0 Å². The fourth-order valence-corrected chi connectivity index (χ4v) is 3.78. The first-order chi connectivity index (χ1) is 12.5. The highest BCUT2D eigenvalue weighted by Gasteiger charge is 2.25. The van der Waals surface area contributed by atoms with E-state index in [4.69, 9.17) is 0 Å². The van der Waals surface area contributed by atoms with E-state index in [1.54, 1.807) is 6.20 Å². The Morgan fingerprint density at radius 1 is 1.23 bits per heavy atom. The van der Waals surface area contributed by atoms with Crippen molar-refractivity contribution >= 4 is 5.91 Å². The van der Waals surface area contributed by atoms with Gasteiger partial charge in [0.1, 0.15) is 5.82 Å². The van der Waals surface area contributed by atoms with Crippen LogP contribution in [0, 0.1) is 5.92 Å². The zero-order valence-electron chi connectivity index (χ0n) is 16.1. The molecule has 0 radical (unpaired) electrons. The number of carbonyl (C=O) groups is 1. The number of benzene rings is 1. The second-order valence-electron chi connectivity index (χ2n) is 7.65. The molecule has 0 bridgehead atoms.